The zero-order chi connectivity index (χ0) is 12.7. The molecule has 1 aliphatic heterocycles. The lowest BCUT2D eigenvalue weighted by molar-refractivity contribution is -0.117. The van der Waals surface area contributed by atoms with Crippen LogP contribution in [-0.4, -0.2) is 31.9 Å². The van der Waals surface area contributed by atoms with E-state index in [1.807, 2.05) is 13.0 Å². The van der Waals surface area contributed by atoms with Crippen LogP contribution >= 0.6 is 0 Å². The van der Waals surface area contributed by atoms with Gasteiger partial charge in [-0.15, -0.1) is 0 Å². The number of carbonyl (C=O) groups excluding carboxylic acids is 1. The average molecular weight is 257 g/mol. The summed E-state index contributed by atoms with van der Waals surface area (Å²) in [4.78, 5) is 11.7. The van der Waals surface area contributed by atoms with Gasteiger partial charge in [0.05, 0.1) is 10.5 Å². The van der Waals surface area contributed by atoms with Crippen molar-refractivity contribution in [2.75, 3.05) is 12.8 Å². The third-order valence-corrected chi connectivity index (χ3v) is 6.73. The quantitative estimate of drug-likeness (QED) is 0.752. The number of rotatable bonds is 2. The third-order valence-electron chi connectivity index (χ3n) is 4.06. The molecule has 1 N–H and O–H groups in total. The van der Waals surface area contributed by atoms with Crippen molar-refractivity contribution in [2.45, 2.75) is 37.4 Å². The van der Waals surface area contributed by atoms with Crippen molar-refractivity contribution in [1.82, 2.24) is 5.32 Å². The smallest absolute Gasteiger partial charge is 0.246 e. The van der Waals surface area contributed by atoms with Gasteiger partial charge in [0.2, 0.25) is 5.91 Å². The molecule has 0 bridgehead atoms. The molecule has 1 heterocycles. The van der Waals surface area contributed by atoms with Crippen molar-refractivity contribution in [1.29, 1.82) is 0 Å². The van der Waals surface area contributed by atoms with Gasteiger partial charge >= 0.3 is 0 Å². The molecule has 1 spiro atoms. The molecule has 5 heteroatoms. The summed E-state index contributed by atoms with van der Waals surface area (Å²) in [5.41, 5.74) is 0.744. The Morgan fingerprint density at radius 3 is 2.53 bits per heavy atom. The largest absolute Gasteiger partial charge is 0.355 e. The van der Waals surface area contributed by atoms with E-state index in [1.165, 1.54) is 0 Å². The third kappa shape index (κ3) is 2.01. The van der Waals surface area contributed by atoms with E-state index in [9.17, 15) is 13.2 Å². The van der Waals surface area contributed by atoms with E-state index in [-0.39, 0.29) is 17.6 Å². The van der Waals surface area contributed by atoms with Crippen LogP contribution in [0.5, 0.6) is 0 Å². The van der Waals surface area contributed by atoms with Crippen molar-refractivity contribution >= 4 is 15.7 Å². The molecule has 0 aromatic heterocycles. The molecule has 1 amide bonds. The molecule has 1 saturated carbocycles. The predicted octanol–water partition coefficient (Wildman–Crippen LogP) is 1.04. The molecule has 4 nitrogen and oxygen atoms in total. The van der Waals surface area contributed by atoms with E-state index in [1.54, 1.807) is 7.05 Å². The number of amides is 1. The monoisotopic (exact) mass is 257 g/mol. The number of hydrogen-bond acceptors (Lipinski definition) is 3. The van der Waals surface area contributed by atoms with Crippen LogP contribution in [-0.2, 0) is 14.6 Å². The second kappa shape index (κ2) is 4.12. The highest BCUT2D eigenvalue weighted by Gasteiger charge is 2.57. The molecule has 1 unspecified atom stereocenters. The minimum absolute atomic E-state index is 0.0763. The van der Waals surface area contributed by atoms with Gasteiger partial charge in [0.15, 0.2) is 9.84 Å². The molecular formula is C12H19NO3S. The van der Waals surface area contributed by atoms with Crippen LogP contribution in [0.3, 0.4) is 0 Å². The topological polar surface area (TPSA) is 63.2 Å². The van der Waals surface area contributed by atoms with Gasteiger partial charge in [-0.1, -0.05) is 6.08 Å². The first-order chi connectivity index (χ1) is 7.96. The maximum absolute atomic E-state index is 11.9. The van der Waals surface area contributed by atoms with E-state index in [0.717, 1.165) is 18.4 Å². The Morgan fingerprint density at radius 2 is 2.06 bits per heavy atom. The van der Waals surface area contributed by atoms with Gasteiger partial charge in [-0.25, -0.2) is 8.42 Å². The van der Waals surface area contributed by atoms with Gasteiger partial charge in [-0.3, -0.25) is 4.79 Å². The van der Waals surface area contributed by atoms with E-state index >= 15 is 0 Å². The molecule has 1 saturated heterocycles. The maximum atomic E-state index is 11.9. The number of nitrogens with one attached hydrogen (secondary N) is 1. The fraction of sp³-hybridized carbons (Fsp3) is 0.750. The van der Waals surface area contributed by atoms with Crippen molar-refractivity contribution in [2.24, 2.45) is 5.92 Å². The summed E-state index contributed by atoms with van der Waals surface area (Å²) in [6.07, 6.45) is 4.57. The minimum atomic E-state index is -2.92. The SMILES string of the molecule is C/C=C(\C(=O)NC)C1CCS(=O)(=O)C2(CC2)C1. The zero-order valence-electron chi connectivity index (χ0n) is 10.3. The maximum Gasteiger partial charge on any atom is 0.246 e. The fourth-order valence-electron chi connectivity index (χ4n) is 2.81. The second-order valence-corrected chi connectivity index (χ2v) is 7.52. The van der Waals surface area contributed by atoms with Crippen LogP contribution in [0.15, 0.2) is 11.6 Å². The lowest BCUT2D eigenvalue weighted by Gasteiger charge is -2.30. The van der Waals surface area contributed by atoms with Gasteiger partial charge in [-0.05, 0) is 38.5 Å². The Bertz CT molecular complexity index is 460. The van der Waals surface area contributed by atoms with Crippen molar-refractivity contribution in [3.8, 4) is 0 Å². The molecule has 2 rings (SSSR count). The first kappa shape index (κ1) is 12.6. The van der Waals surface area contributed by atoms with Crippen LogP contribution in [0.4, 0.5) is 0 Å². The Balaban J connectivity index is 2.19. The highest BCUT2D eigenvalue weighted by Crippen LogP contribution is 2.53. The molecule has 17 heavy (non-hydrogen) atoms. The molecule has 96 valence electrons. The van der Waals surface area contributed by atoms with Crippen molar-refractivity contribution in [3.63, 3.8) is 0 Å². The van der Waals surface area contributed by atoms with Crippen LogP contribution in [0.1, 0.15) is 32.6 Å². The first-order valence-electron chi connectivity index (χ1n) is 6.06. The molecule has 0 radical (unpaired) electrons. The summed E-state index contributed by atoms with van der Waals surface area (Å²) in [5.74, 6) is 0.255. The zero-order valence-corrected chi connectivity index (χ0v) is 11.1. The van der Waals surface area contributed by atoms with Gasteiger partial charge in [0.25, 0.3) is 0 Å². The minimum Gasteiger partial charge on any atom is -0.355 e. The average Bonchev–Trinajstić information content (AvgIpc) is 3.06. The first-order valence-corrected chi connectivity index (χ1v) is 7.71. The summed E-state index contributed by atoms with van der Waals surface area (Å²) in [6.45, 7) is 1.84. The highest BCUT2D eigenvalue weighted by molar-refractivity contribution is 7.93. The van der Waals surface area contributed by atoms with E-state index in [4.69, 9.17) is 0 Å². The molecular weight excluding hydrogens is 238 g/mol. The molecule has 1 atom stereocenters. The molecule has 2 aliphatic rings. The Kier molecular flexibility index (Phi) is 3.06. The van der Waals surface area contributed by atoms with Gasteiger partial charge < -0.3 is 5.32 Å². The molecule has 0 aromatic carbocycles. The Morgan fingerprint density at radius 1 is 1.41 bits per heavy atom. The Labute approximate surface area is 102 Å². The number of likely N-dealkylation sites (N-methyl/N-ethyl adjacent to an activating group) is 1. The predicted molar refractivity (Wildman–Crippen MR) is 66.3 cm³/mol. The normalized spacial score (nSPS) is 30.0. The fourth-order valence-corrected chi connectivity index (χ4v) is 5.02. The standard InChI is InChI=1S/C12H19NO3S/c1-3-10(11(14)13-2)9-4-7-17(15,16)12(8-9)5-6-12/h3,9H,4-8H2,1-2H3,(H,13,14)/b10-3-. The van der Waals surface area contributed by atoms with Gasteiger partial charge in [0.1, 0.15) is 0 Å². The van der Waals surface area contributed by atoms with Crippen LogP contribution in [0.25, 0.3) is 0 Å². The number of carbonyl (C=O) groups is 1. The van der Waals surface area contributed by atoms with Crippen LogP contribution in [0, 0.1) is 5.92 Å². The molecule has 2 fully saturated rings. The summed E-state index contributed by atoms with van der Waals surface area (Å²) in [6, 6.07) is 0. The van der Waals surface area contributed by atoms with Crippen molar-refractivity contribution in [3.05, 3.63) is 11.6 Å². The van der Waals surface area contributed by atoms with E-state index in [2.05, 4.69) is 5.32 Å². The van der Waals surface area contributed by atoms with Gasteiger partial charge in [-0.2, -0.15) is 0 Å². The summed E-state index contributed by atoms with van der Waals surface area (Å²) < 4.78 is 23.4. The van der Waals surface area contributed by atoms with Gasteiger partial charge in [0, 0.05) is 12.6 Å². The number of allylic oxidation sites excluding steroid dienone is 1. The highest BCUT2D eigenvalue weighted by atomic mass is 32.2. The van der Waals surface area contributed by atoms with E-state index < -0.39 is 14.6 Å². The number of hydrogen-bond donors (Lipinski definition) is 1. The summed E-state index contributed by atoms with van der Waals surface area (Å²) >= 11 is 0. The van der Waals surface area contributed by atoms with Crippen LogP contribution in [0.2, 0.25) is 0 Å². The summed E-state index contributed by atoms with van der Waals surface area (Å²) in [5, 5.41) is 2.63. The lowest BCUT2D eigenvalue weighted by Crippen LogP contribution is -2.38. The second-order valence-electron chi connectivity index (χ2n) is 5.01. The number of sulfone groups is 1. The van der Waals surface area contributed by atoms with E-state index in [0.29, 0.717) is 12.8 Å². The van der Waals surface area contributed by atoms with Crippen LogP contribution < -0.4 is 5.32 Å². The summed E-state index contributed by atoms with van der Waals surface area (Å²) in [7, 11) is -1.31. The Hall–Kier alpha value is -0.840. The van der Waals surface area contributed by atoms with Crippen molar-refractivity contribution < 1.29 is 13.2 Å². The lowest BCUT2D eigenvalue weighted by atomic mass is 9.89. The molecule has 1 aliphatic carbocycles. The molecule has 0 aromatic rings.